The molecule has 1 heterocycles. The minimum Gasteiger partial charge on any atom is -0.386 e. The van der Waals surface area contributed by atoms with Gasteiger partial charge in [0.1, 0.15) is 6.17 Å². The molecule has 0 aromatic heterocycles. The lowest BCUT2D eigenvalue weighted by atomic mass is 9.93. The lowest BCUT2D eigenvalue weighted by molar-refractivity contribution is -0.152. The van der Waals surface area contributed by atoms with Crippen LogP contribution in [-0.4, -0.2) is 18.1 Å². The van der Waals surface area contributed by atoms with Crippen molar-refractivity contribution in [1.29, 1.82) is 0 Å². The average Bonchev–Trinajstić information content (AvgIpc) is 2.67. The Bertz CT molecular complexity index is 326. The Labute approximate surface area is 73.6 Å². The summed E-state index contributed by atoms with van der Waals surface area (Å²) in [5.74, 6) is -1.96. The Kier molecular flexibility index (Phi) is 1.11. The number of rotatable bonds is 0. The standard InChI is InChI=1S/C9H7FO3/c10-7-3-1-2-4(7)6-5(3)8(11)13-9(6)12/h3-4,7H,1-2H2/t3-,4+,7?. The van der Waals surface area contributed by atoms with Crippen LogP contribution in [0.3, 0.4) is 0 Å². The van der Waals surface area contributed by atoms with Crippen molar-refractivity contribution in [2.75, 3.05) is 0 Å². The van der Waals surface area contributed by atoms with Gasteiger partial charge in [-0.2, -0.15) is 0 Å². The van der Waals surface area contributed by atoms with Gasteiger partial charge in [-0.3, -0.25) is 0 Å². The van der Waals surface area contributed by atoms with Crippen LogP contribution < -0.4 is 0 Å². The first-order valence-corrected chi connectivity index (χ1v) is 4.35. The predicted octanol–water partition coefficient (Wildman–Crippen LogP) is 0.744. The summed E-state index contributed by atoms with van der Waals surface area (Å²) in [7, 11) is 0. The van der Waals surface area contributed by atoms with Crippen LogP contribution in [0.5, 0.6) is 0 Å². The van der Waals surface area contributed by atoms with Crippen LogP contribution in [0.4, 0.5) is 4.39 Å². The normalized spacial score (nSPS) is 41.5. The highest BCUT2D eigenvalue weighted by Crippen LogP contribution is 2.53. The molecule has 3 atom stereocenters. The number of carbonyl (C=O) groups excluding carboxylic acids is 2. The Hall–Kier alpha value is -1.19. The van der Waals surface area contributed by atoms with Gasteiger partial charge in [-0.05, 0) is 12.8 Å². The first-order chi connectivity index (χ1) is 6.20. The van der Waals surface area contributed by atoms with Gasteiger partial charge >= 0.3 is 11.9 Å². The molecule has 1 saturated carbocycles. The third-order valence-electron chi connectivity index (χ3n) is 3.21. The van der Waals surface area contributed by atoms with Gasteiger partial charge in [0.2, 0.25) is 0 Å². The van der Waals surface area contributed by atoms with E-state index in [1.165, 1.54) is 0 Å². The van der Waals surface area contributed by atoms with E-state index >= 15 is 0 Å². The van der Waals surface area contributed by atoms with Gasteiger partial charge in [0, 0.05) is 11.8 Å². The van der Waals surface area contributed by atoms with Crippen molar-refractivity contribution in [3.05, 3.63) is 11.1 Å². The van der Waals surface area contributed by atoms with E-state index < -0.39 is 18.1 Å². The number of hydrogen-bond donors (Lipinski definition) is 0. The molecule has 3 nitrogen and oxygen atoms in total. The molecule has 0 saturated heterocycles. The first kappa shape index (κ1) is 7.24. The smallest absolute Gasteiger partial charge is 0.342 e. The number of cyclic esters (lactones) is 2. The lowest BCUT2D eigenvalue weighted by Gasteiger charge is -2.08. The minimum absolute atomic E-state index is 0.328. The fourth-order valence-corrected chi connectivity index (χ4v) is 2.68. The molecule has 3 rings (SSSR count). The molecule has 0 spiro atoms. The van der Waals surface area contributed by atoms with Crippen molar-refractivity contribution in [2.45, 2.75) is 19.0 Å². The van der Waals surface area contributed by atoms with Crippen LogP contribution in [-0.2, 0) is 14.3 Å². The van der Waals surface area contributed by atoms with Gasteiger partial charge in [0.25, 0.3) is 0 Å². The van der Waals surface area contributed by atoms with E-state index in [-0.39, 0.29) is 11.8 Å². The highest BCUT2D eigenvalue weighted by atomic mass is 19.1. The second kappa shape index (κ2) is 2.00. The maximum atomic E-state index is 13.4. The molecule has 0 amide bonds. The first-order valence-electron chi connectivity index (χ1n) is 4.35. The Morgan fingerprint density at radius 2 is 1.54 bits per heavy atom. The number of hydrogen-bond acceptors (Lipinski definition) is 3. The van der Waals surface area contributed by atoms with Crippen molar-refractivity contribution in [3.8, 4) is 0 Å². The molecule has 0 aromatic carbocycles. The van der Waals surface area contributed by atoms with Crippen LogP contribution in [0.25, 0.3) is 0 Å². The summed E-state index contributed by atoms with van der Waals surface area (Å²) in [6, 6.07) is 0. The monoisotopic (exact) mass is 182 g/mol. The fraction of sp³-hybridized carbons (Fsp3) is 0.556. The highest BCUT2D eigenvalue weighted by Gasteiger charge is 2.56. The molecule has 0 aromatic rings. The van der Waals surface area contributed by atoms with E-state index in [4.69, 9.17) is 0 Å². The molecule has 2 bridgehead atoms. The summed E-state index contributed by atoms with van der Waals surface area (Å²) in [6.45, 7) is 0. The predicted molar refractivity (Wildman–Crippen MR) is 39.2 cm³/mol. The van der Waals surface area contributed by atoms with Gasteiger partial charge in [-0.1, -0.05) is 0 Å². The van der Waals surface area contributed by atoms with Crippen molar-refractivity contribution >= 4 is 11.9 Å². The summed E-state index contributed by atoms with van der Waals surface area (Å²) in [5, 5.41) is 0. The maximum absolute atomic E-state index is 13.4. The SMILES string of the molecule is O=C1OC(=O)C2=C1[C@H]1CC[C@@H]2C1F. The van der Waals surface area contributed by atoms with E-state index in [1.54, 1.807) is 0 Å². The topological polar surface area (TPSA) is 43.4 Å². The van der Waals surface area contributed by atoms with Crippen LogP contribution in [0.1, 0.15) is 12.8 Å². The van der Waals surface area contributed by atoms with Crippen LogP contribution in [0, 0.1) is 11.8 Å². The lowest BCUT2D eigenvalue weighted by Crippen LogP contribution is -2.18. The molecular formula is C9H7FO3. The summed E-state index contributed by atoms with van der Waals surface area (Å²) in [4.78, 5) is 22.3. The van der Waals surface area contributed by atoms with E-state index in [2.05, 4.69) is 4.74 Å². The minimum atomic E-state index is -1.03. The highest BCUT2D eigenvalue weighted by molar-refractivity contribution is 6.14. The quantitative estimate of drug-likeness (QED) is 0.410. The van der Waals surface area contributed by atoms with Crippen molar-refractivity contribution in [1.82, 2.24) is 0 Å². The van der Waals surface area contributed by atoms with E-state index in [0.717, 1.165) is 0 Å². The fourth-order valence-electron chi connectivity index (χ4n) is 2.68. The second-order valence-electron chi connectivity index (χ2n) is 3.74. The Balaban J connectivity index is 2.16. The molecule has 0 radical (unpaired) electrons. The molecule has 68 valence electrons. The number of halogens is 1. The summed E-state index contributed by atoms with van der Waals surface area (Å²) < 4.78 is 17.9. The van der Waals surface area contributed by atoms with Gasteiger partial charge in [0.05, 0.1) is 11.1 Å². The Morgan fingerprint density at radius 3 is 2.00 bits per heavy atom. The van der Waals surface area contributed by atoms with Gasteiger partial charge < -0.3 is 4.74 Å². The third-order valence-corrected chi connectivity index (χ3v) is 3.21. The zero-order valence-corrected chi connectivity index (χ0v) is 6.75. The number of fused-ring (bicyclic) bond motifs is 4. The van der Waals surface area contributed by atoms with Crippen LogP contribution in [0.15, 0.2) is 11.1 Å². The molecule has 4 heteroatoms. The van der Waals surface area contributed by atoms with Crippen molar-refractivity contribution in [2.24, 2.45) is 11.8 Å². The molecule has 2 aliphatic carbocycles. The molecule has 1 unspecified atom stereocenters. The Morgan fingerprint density at radius 1 is 1.08 bits per heavy atom. The summed E-state index contributed by atoms with van der Waals surface area (Å²) >= 11 is 0. The zero-order valence-electron chi connectivity index (χ0n) is 6.75. The number of carbonyl (C=O) groups is 2. The van der Waals surface area contributed by atoms with Crippen LogP contribution in [0.2, 0.25) is 0 Å². The van der Waals surface area contributed by atoms with E-state index in [0.29, 0.717) is 24.0 Å². The van der Waals surface area contributed by atoms with Gasteiger partial charge in [-0.15, -0.1) is 0 Å². The third kappa shape index (κ3) is 0.654. The summed E-state index contributed by atoms with van der Waals surface area (Å²) in [5.41, 5.74) is 0.655. The summed E-state index contributed by atoms with van der Waals surface area (Å²) in [6.07, 6.45) is 0.321. The average molecular weight is 182 g/mol. The molecule has 13 heavy (non-hydrogen) atoms. The molecular weight excluding hydrogens is 175 g/mol. The van der Waals surface area contributed by atoms with Gasteiger partial charge in [-0.25, -0.2) is 14.0 Å². The largest absolute Gasteiger partial charge is 0.386 e. The number of alkyl halides is 1. The van der Waals surface area contributed by atoms with E-state index in [9.17, 15) is 14.0 Å². The molecule has 1 aliphatic heterocycles. The van der Waals surface area contributed by atoms with Crippen LogP contribution >= 0.6 is 0 Å². The number of esters is 2. The zero-order chi connectivity index (χ0) is 9.16. The second-order valence-corrected chi connectivity index (χ2v) is 3.74. The maximum Gasteiger partial charge on any atom is 0.342 e. The molecule has 0 N–H and O–H groups in total. The van der Waals surface area contributed by atoms with Gasteiger partial charge in [0.15, 0.2) is 0 Å². The molecule has 3 aliphatic rings. The van der Waals surface area contributed by atoms with Crippen molar-refractivity contribution in [3.63, 3.8) is 0 Å². The molecule has 1 fully saturated rings. The number of ether oxygens (including phenoxy) is 1. The van der Waals surface area contributed by atoms with E-state index in [1.807, 2.05) is 0 Å². The van der Waals surface area contributed by atoms with Crippen molar-refractivity contribution < 1.29 is 18.7 Å².